The molecule has 1 saturated carbocycles. The van der Waals surface area contributed by atoms with Crippen LogP contribution in [-0.2, 0) is 14.8 Å². The van der Waals surface area contributed by atoms with Crippen molar-refractivity contribution in [1.82, 2.24) is 15.4 Å². The molecule has 1 spiro atoms. The molecule has 3 amide bonds. The van der Waals surface area contributed by atoms with Crippen molar-refractivity contribution in [3.63, 3.8) is 0 Å². The predicted octanol–water partition coefficient (Wildman–Crippen LogP) is 1.65. The Hall–Kier alpha value is -1.35. The van der Waals surface area contributed by atoms with Gasteiger partial charge in [-0.25, -0.2) is 17.9 Å². The number of rotatable bonds is 4. The molecule has 2 unspecified atom stereocenters. The summed E-state index contributed by atoms with van der Waals surface area (Å²) in [4.78, 5) is 23.5. The van der Waals surface area contributed by atoms with Crippen LogP contribution in [-0.4, -0.2) is 32.4 Å². The number of hydrogen-bond donors (Lipinski definition) is 3. The number of halogens is 2. The van der Waals surface area contributed by atoms with Gasteiger partial charge in [0.1, 0.15) is 5.54 Å². The van der Waals surface area contributed by atoms with Crippen LogP contribution >= 0.6 is 23.2 Å². The number of amides is 3. The van der Waals surface area contributed by atoms with Crippen LogP contribution in [0, 0.1) is 5.92 Å². The van der Waals surface area contributed by atoms with E-state index in [1.165, 1.54) is 18.2 Å². The lowest BCUT2D eigenvalue weighted by Gasteiger charge is -2.28. The van der Waals surface area contributed by atoms with Gasteiger partial charge < -0.3 is 5.32 Å². The minimum Gasteiger partial charge on any atom is -0.323 e. The maximum atomic E-state index is 12.4. The largest absolute Gasteiger partial charge is 0.323 e. The summed E-state index contributed by atoms with van der Waals surface area (Å²) in [6.07, 6.45) is 1.84. The summed E-state index contributed by atoms with van der Waals surface area (Å²) in [5.74, 6) is -0.728. The SMILES string of the molecule is O=C1NC(=O)C2(CCCC2CNS(=O)(=O)c2cc(Cl)cc(Cl)c2)N1. The number of carbonyl (C=O) groups is 2. The van der Waals surface area contributed by atoms with Gasteiger partial charge in [-0.15, -0.1) is 0 Å². The normalized spacial score (nSPS) is 26.7. The van der Waals surface area contributed by atoms with E-state index in [0.717, 1.165) is 6.42 Å². The number of sulfonamides is 1. The third-order valence-electron chi connectivity index (χ3n) is 4.46. The summed E-state index contributed by atoms with van der Waals surface area (Å²) in [7, 11) is -3.83. The molecule has 0 aromatic heterocycles. The fourth-order valence-corrected chi connectivity index (χ4v) is 5.11. The Balaban J connectivity index is 1.77. The topological polar surface area (TPSA) is 104 Å². The van der Waals surface area contributed by atoms with Crippen LogP contribution in [0.25, 0.3) is 0 Å². The van der Waals surface area contributed by atoms with Gasteiger partial charge in [-0.2, -0.15) is 0 Å². The number of urea groups is 1. The molecule has 2 fully saturated rings. The van der Waals surface area contributed by atoms with Crippen molar-refractivity contribution < 1.29 is 18.0 Å². The number of imide groups is 1. The molecule has 1 aromatic carbocycles. The van der Waals surface area contributed by atoms with Gasteiger partial charge in [-0.3, -0.25) is 10.1 Å². The summed E-state index contributed by atoms with van der Waals surface area (Å²) in [5, 5.41) is 5.29. The van der Waals surface area contributed by atoms with E-state index in [2.05, 4.69) is 15.4 Å². The van der Waals surface area contributed by atoms with Crippen LogP contribution in [0.15, 0.2) is 23.1 Å². The van der Waals surface area contributed by atoms with E-state index in [1.807, 2.05) is 0 Å². The average molecular weight is 392 g/mol. The van der Waals surface area contributed by atoms with E-state index in [0.29, 0.717) is 12.8 Å². The van der Waals surface area contributed by atoms with Crippen molar-refractivity contribution in [3.8, 4) is 0 Å². The van der Waals surface area contributed by atoms with Crippen LogP contribution in [0.3, 0.4) is 0 Å². The molecule has 1 heterocycles. The first-order valence-electron chi connectivity index (χ1n) is 7.32. The smallest absolute Gasteiger partial charge is 0.322 e. The molecule has 2 aliphatic rings. The summed E-state index contributed by atoms with van der Waals surface area (Å²) < 4.78 is 27.3. The molecular formula is C14H15Cl2N3O4S. The lowest BCUT2D eigenvalue weighted by molar-refractivity contribution is -0.125. The fraction of sp³-hybridized carbons (Fsp3) is 0.429. The van der Waals surface area contributed by atoms with Crippen molar-refractivity contribution >= 4 is 45.2 Å². The minimum absolute atomic E-state index is 0.0279. The lowest BCUT2D eigenvalue weighted by Crippen LogP contribution is -2.53. The van der Waals surface area contributed by atoms with E-state index in [4.69, 9.17) is 23.2 Å². The molecule has 10 heteroatoms. The standard InChI is InChI=1S/C14H15Cl2N3O4S/c15-9-4-10(16)6-11(5-9)24(22,23)17-7-8-2-1-3-14(8)12(20)18-13(21)19-14/h4-6,8,17H,1-3,7H2,(H2,18,19,20,21). The molecule has 3 N–H and O–H groups in total. The molecule has 1 aromatic rings. The monoisotopic (exact) mass is 391 g/mol. The Bertz CT molecular complexity index is 794. The molecule has 1 aliphatic heterocycles. The Kier molecular flexibility index (Phi) is 4.50. The van der Waals surface area contributed by atoms with E-state index in [9.17, 15) is 18.0 Å². The molecule has 1 aliphatic carbocycles. The number of benzene rings is 1. The first kappa shape index (κ1) is 17.5. The first-order valence-corrected chi connectivity index (χ1v) is 9.56. The molecule has 0 radical (unpaired) electrons. The maximum absolute atomic E-state index is 12.4. The highest BCUT2D eigenvalue weighted by atomic mass is 35.5. The zero-order valence-electron chi connectivity index (χ0n) is 12.4. The highest BCUT2D eigenvalue weighted by molar-refractivity contribution is 7.89. The van der Waals surface area contributed by atoms with E-state index in [-0.39, 0.29) is 27.4 Å². The van der Waals surface area contributed by atoms with Crippen LogP contribution in [0.5, 0.6) is 0 Å². The second-order valence-electron chi connectivity index (χ2n) is 5.93. The molecule has 130 valence electrons. The third kappa shape index (κ3) is 3.11. The zero-order chi connectivity index (χ0) is 17.5. The Labute approximate surface area is 149 Å². The molecule has 0 bridgehead atoms. The number of hydrogen-bond acceptors (Lipinski definition) is 4. The average Bonchev–Trinajstić information content (AvgIpc) is 3.00. The minimum atomic E-state index is -3.83. The fourth-order valence-electron chi connectivity index (χ4n) is 3.30. The van der Waals surface area contributed by atoms with Crippen LogP contribution in [0.4, 0.5) is 4.79 Å². The van der Waals surface area contributed by atoms with Gasteiger partial charge in [-0.05, 0) is 31.0 Å². The zero-order valence-corrected chi connectivity index (χ0v) is 14.8. The van der Waals surface area contributed by atoms with Crippen LogP contribution in [0.1, 0.15) is 19.3 Å². The summed E-state index contributed by atoms with van der Waals surface area (Å²) in [6, 6.07) is 3.48. The third-order valence-corrected chi connectivity index (χ3v) is 6.30. The van der Waals surface area contributed by atoms with E-state index in [1.54, 1.807) is 0 Å². The Morgan fingerprint density at radius 3 is 2.46 bits per heavy atom. The van der Waals surface area contributed by atoms with Crippen molar-refractivity contribution in [2.24, 2.45) is 5.92 Å². The summed E-state index contributed by atoms with van der Waals surface area (Å²) in [6.45, 7) is 0.0279. The van der Waals surface area contributed by atoms with E-state index < -0.39 is 27.5 Å². The highest BCUT2D eigenvalue weighted by Crippen LogP contribution is 2.37. The second-order valence-corrected chi connectivity index (χ2v) is 8.57. The predicted molar refractivity (Wildman–Crippen MR) is 88.4 cm³/mol. The number of nitrogens with one attached hydrogen (secondary N) is 3. The maximum Gasteiger partial charge on any atom is 0.322 e. The Morgan fingerprint density at radius 2 is 1.88 bits per heavy atom. The summed E-state index contributed by atoms with van der Waals surface area (Å²) in [5.41, 5.74) is -1.04. The van der Waals surface area contributed by atoms with E-state index >= 15 is 0 Å². The molecule has 7 nitrogen and oxygen atoms in total. The van der Waals surface area contributed by atoms with Gasteiger partial charge in [0.2, 0.25) is 10.0 Å². The van der Waals surface area contributed by atoms with Crippen molar-refractivity contribution in [1.29, 1.82) is 0 Å². The highest BCUT2D eigenvalue weighted by Gasteiger charge is 2.54. The van der Waals surface area contributed by atoms with Gasteiger partial charge in [0.25, 0.3) is 5.91 Å². The van der Waals surface area contributed by atoms with Gasteiger partial charge in [0.15, 0.2) is 0 Å². The van der Waals surface area contributed by atoms with Crippen molar-refractivity contribution in [2.45, 2.75) is 29.7 Å². The Morgan fingerprint density at radius 1 is 1.21 bits per heavy atom. The van der Waals surface area contributed by atoms with Crippen LogP contribution < -0.4 is 15.4 Å². The molecule has 1 saturated heterocycles. The quantitative estimate of drug-likeness (QED) is 0.678. The van der Waals surface area contributed by atoms with Gasteiger partial charge in [-0.1, -0.05) is 29.6 Å². The van der Waals surface area contributed by atoms with Gasteiger partial charge >= 0.3 is 6.03 Å². The molecule has 3 rings (SSSR count). The molecular weight excluding hydrogens is 377 g/mol. The second kappa shape index (κ2) is 6.18. The van der Waals surface area contributed by atoms with Crippen molar-refractivity contribution in [3.05, 3.63) is 28.2 Å². The first-order chi connectivity index (χ1) is 11.2. The van der Waals surface area contributed by atoms with Crippen molar-refractivity contribution in [2.75, 3.05) is 6.54 Å². The number of carbonyl (C=O) groups excluding carboxylic acids is 2. The lowest BCUT2D eigenvalue weighted by atomic mass is 9.87. The van der Waals surface area contributed by atoms with Gasteiger partial charge in [0, 0.05) is 22.5 Å². The van der Waals surface area contributed by atoms with Gasteiger partial charge in [0.05, 0.1) is 4.90 Å². The van der Waals surface area contributed by atoms with Crippen LogP contribution in [0.2, 0.25) is 10.0 Å². The summed E-state index contributed by atoms with van der Waals surface area (Å²) >= 11 is 11.7. The molecule has 2 atom stereocenters. The molecule has 24 heavy (non-hydrogen) atoms.